The van der Waals surface area contributed by atoms with E-state index in [1.165, 1.54) is 0 Å². The molecule has 5 heteroatoms. The van der Waals surface area contributed by atoms with Gasteiger partial charge < -0.3 is 9.94 Å². The Hall–Kier alpha value is -1.65. The zero-order valence-electron chi connectivity index (χ0n) is 10.1. The molecule has 1 heterocycles. The van der Waals surface area contributed by atoms with Crippen molar-refractivity contribution in [3.8, 4) is 11.5 Å². The number of fused-ring (bicyclic) bond motifs is 2. The van der Waals surface area contributed by atoms with Crippen LogP contribution in [0.5, 0.6) is 11.5 Å². The van der Waals surface area contributed by atoms with Crippen molar-refractivity contribution in [3.63, 3.8) is 0 Å². The summed E-state index contributed by atoms with van der Waals surface area (Å²) in [5.74, 6) is 1.61. The minimum absolute atomic E-state index is 0.570. The third-order valence-electron chi connectivity index (χ3n) is 2.86. The number of ether oxygens (including phenoxy) is 1. The number of oxime groups is 1. The molecule has 3 nitrogen and oxygen atoms in total. The Labute approximate surface area is 119 Å². The van der Waals surface area contributed by atoms with Gasteiger partial charge in [-0.05, 0) is 43.3 Å². The van der Waals surface area contributed by atoms with Gasteiger partial charge in [-0.2, -0.15) is 0 Å². The van der Waals surface area contributed by atoms with Crippen LogP contribution >= 0.6 is 23.4 Å². The SMILES string of the molecule is C/C(=N\O)c1ccc2c(c1)Sc1cc(Cl)ccc1O2. The van der Waals surface area contributed by atoms with Crippen molar-refractivity contribution >= 4 is 29.1 Å². The van der Waals surface area contributed by atoms with Gasteiger partial charge in [0.25, 0.3) is 0 Å². The minimum Gasteiger partial charge on any atom is -0.455 e. The Balaban J connectivity index is 2.03. The molecule has 0 bridgehead atoms. The molecular weight excluding hydrogens is 282 g/mol. The van der Waals surface area contributed by atoms with Crippen LogP contribution in [0.2, 0.25) is 5.02 Å². The highest BCUT2D eigenvalue weighted by Crippen LogP contribution is 2.47. The molecule has 0 spiro atoms. The lowest BCUT2D eigenvalue weighted by molar-refractivity contribution is 0.319. The molecule has 96 valence electrons. The van der Waals surface area contributed by atoms with E-state index in [2.05, 4.69) is 5.16 Å². The molecule has 0 fully saturated rings. The van der Waals surface area contributed by atoms with Crippen molar-refractivity contribution in [2.45, 2.75) is 16.7 Å². The number of rotatable bonds is 1. The number of halogens is 1. The highest BCUT2D eigenvalue weighted by molar-refractivity contribution is 7.99. The maximum atomic E-state index is 8.82. The molecule has 3 rings (SSSR count). The molecule has 0 unspecified atom stereocenters. The van der Waals surface area contributed by atoms with Crippen molar-refractivity contribution in [2.75, 3.05) is 0 Å². The van der Waals surface area contributed by atoms with Gasteiger partial charge in [-0.1, -0.05) is 28.5 Å². The molecule has 2 aromatic carbocycles. The van der Waals surface area contributed by atoms with E-state index in [-0.39, 0.29) is 0 Å². The molecule has 2 aromatic rings. The van der Waals surface area contributed by atoms with Crippen molar-refractivity contribution in [3.05, 3.63) is 47.0 Å². The standard InChI is InChI=1S/C14H10ClNO2S/c1-8(16-17)9-2-4-11-13(6-9)19-14-7-10(15)3-5-12(14)18-11/h2-7,17H,1H3/b16-8+. The average Bonchev–Trinajstić information content (AvgIpc) is 2.43. The third kappa shape index (κ3) is 2.29. The zero-order valence-corrected chi connectivity index (χ0v) is 11.6. The summed E-state index contributed by atoms with van der Waals surface area (Å²) in [6.07, 6.45) is 0. The summed E-state index contributed by atoms with van der Waals surface area (Å²) < 4.78 is 5.82. The van der Waals surface area contributed by atoms with Crippen LogP contribution < -0.4 is 4.74 Å². The van der Waals surface area contributed by atoms with E-state index in [4.69, 9.17) is 21.5 Å². The summed E-state index contributed by atoms with van der Waals surface area (Å²) in [4.78, 5) is 1.96. The first-order valence-corrected chi connectivity index (χ1v) is 6.85. The lowest BCUT2D eigenvalue weighted by Crippen LogP contribution is -1.99. The normalized spacial score (nSPS) is 13.5. The fourth-order valence-electron chi connectivity index (χ4n) is 1.84. The smallest absolute Gasteiger partial charge is 0.141 e. The quantitative estimate of drug-likeness (QED) is 0.398. The van der Waals surface area contributed by atoms with Gasteiger partial charge in [0, 0.05) is 10.6 Å². The summed E-state index contributed by atoms with van der Waals surface area (Å²) in [7, 11) is 0. The number of hydrogen-bond donors (Lipinski definition) is 1. The van der Waals surface area contributed by atoms with E-state index in [9.17, 15) is 0 Å². The van der Waals surface area contributed by atoms with Gasteiger partial charge in [0.15, 0.2) is 0 Å². The molecule has 0 amide bonds. The van der Waals surface area contributed by atoms with E-state index in [1.54, 1.807) is 18.7 Å². The van der Waals surface area contributed by atoms with Gasteiger partial charge in [-0.15, -0.1) is 0 Å². The minimum atomic E-state index is 0.570. The van der Waals surface area contributed by atoms with Crippen LogP contribution in [0.25, 0.3) is 0 Å². The fraction of sp³-hybridized carbons (Fsp3) is 0.0714. The van der Waals surface area contributed by atoms with Gasteiger partial charge in [0.1, 0.15) is 11.5 Å². The van der Waals surface area contributed by atoms with Gasteiger partial charge in [-0.25, -0.2) is 0 Å². The summed E-state index contributed by atoms with van der Waals surface area (Å²) in [5, 5.41) is 12.7. The van der Waals surface area contributed by atoms with Crippen LogP contribution in [0.15, 0.2) is 51.3 Å². The number of nitrogens with zero attached hydrogens (tertiary/aromatic N) is 1. The average molecular weight is 292 g/mol. The lowest BCUT2D eigenvalue weighted by atomic mass is 10.1. The Kier molecular flexibility index (Phi) is 3.12. The first-order chi connectivity index (χ1) is 9.17. The van der Waals surface area contributed by atoms with Gasteiger partial charge in [-0.3, -0.25) is 0 Å². The predicted molar refractivity (Wildman–Crippen MR) is 76.1 cm³/mol. The first-order valence-electron chi connectivity index (χ1n) is 5.66. The van der Waals surface area contributed by atoms with Crippen LogP contribution in [0.3, 0.4) is 0 Å². The Morgan fingerprint density at radius 1 is 1.16 bits per heavy atom. The summed E-state index contributed by atoms with van der Waals surface area (Å²) in [5.41, 5.74) is 1.43. The molecule has 1 aliphatic rings. The van der Waals surface area contributed by atoms with E-state index < -0.39 is 0 Å². The van der Waals surface area contributed by atoms with Gasteiger partial charge in [0.2, 0.25) is 0 Å². The monoisotopic (exact) mass is 291 g/mol. The van der Waals surface area contributed by atoms with Crippen molar-refractivity contribution < 1.29 is 9.94 Å². The second-order valence-electron chi connectivity index (χ2n) is 4.14. The molecule has 1 N–H and O–H groups in total. The highest BCUT2D eigenvalue weighted by Gasteiger charge is 2.18. The largest absolute Gasteiger partial charge is 0.455 e. The number of hydrogen-bond acceptors (Lipinski definition) is 4. The maximum absolute atomic E-state index is 8.82. The van der Waals surface area contributed by atoms with E-state index in [0.717, 1.165) is 26.9 Å². The number of benzene rings is 2. The topological polar surface area (TPSA) is 41.8 Å². The van der Waals surface area contributed by atoms with Crippen LogP contribution in [0, 0.1) is 0 Å². The van der Waals surface area contributed by atoms with Crippen molar-refractivity contribution in [1.82, 2.24) is 0 Å². The van der Waals surface area contributed by atoms with E-state index in [1.807, 2.05) is 36.4 Å². The molecule has 1 aliphatic heterocycles. The summed E-state index contributed by atoms with van der Waals surface area (Å²) >= 11 is 7.58. The second kappa shape index (κ2) is 4.79. The Morgan fingerprint density at radius 2 is 1.84 bits per heavy atom. The molecule has 0 aromatic heterocycles. The van der Waals surface area contributed by atoms with Gasteiger partial charge >= 0.3 is 0 Å². The highest BCUT2D eigenvalue weighted by atomic mass is 35.5. The molecule has 0 saturated carbocycles. The molecular formula is C14H10ClNO2S. The van der Waals surface area contributed by atoms with E-state index in [0.29, 0.717) is 10.7 Å². The van der Waals surface area contributed by atoms with Crippen LogP contribution in [0.1, 0.15) is 12.5 Å². The van der Waals surface area contributed by atoms with Crippen LogP contribution in [-0.2, 0) is 0 Å². The van der Waals surface area contributed by atoms with Crippen molar-refractivity contribution in [2.24, 2.45) is 5.16 Å². The maximum Gasteiger partial charge on any atom is 0.141 e. The molecule has 0 aliphatic carbocycles. The molecule has 0 radical (unpaired) electrons. The lowest BCUT2D eigenvalue weighted by Gasteiger charge is -2.20. The summed E-state index contributed by atoms with van der Waals surface area (Å²) in [6.45, 7) is 1.75. The fourth-order valence-corrected chi connectivity index (χ4v) is 3.10. The Bertz CT molecular complexity index is 685. The van der Waals surface area contributed by atoms with Crippen molar-refractivity contribution in [1.29, 1.82) is 0 Å². The molecule has 0 saturated heterocycles. The van der Waals surface area contributed by atoms with Crippen LogP contribution in [-0.4, -0.2) is 10.9 Å². The third-order valence-corrected chi connectivity index (χ3v) is 4.17. The zero-order chi connectivity index (χ0) is 13.4. The summed E-state index contributed by atoms with van der Waals surface area (Å²) in [6, 6.07) is 11.2. The van der Waals surface area contributed by atoms with Crippen LogP contribution in [0.4, 0.5) is 0 Å². The Morgan fingerprint density at radius 3 is 2.58 bits per heavy atom. The van der Waals surface area contributed by atoms with Gasteiger partial charge in [0.05, 0.1) is 15.5 Å². The second-order valence-corrected chi connectivity index (χ2v) is 5.66. The molecule has 0 atom stereocenters. The first kappa shape index (κ1) is 12.4. The molecule has 19 heavy (non-hydrogen) atoms. The van der Waals surface area contributed by atoms with E-state index >= 15 is 0 Å². The predicted octanol–water partition coefficient (Wildman–Crippen LogP) is 4.80.